The molecule has 0 saturated carbocycles. The van der Waals surface area contributed by atoms with Crippen molar-refractivity contribution in [1.29, 1.82) is 0 Å². The van der Waals surface area contributed by atoms with E-state index < -0.39 is 6.10 Å². The van der Waals surface area contributed by atoms with Gasteiger partial charge in [0.2, 0.25) is 13.6 Å². The Bertz CT molecular complexity index is 851. The van der Waals surface area contributed by atoms with E-state index in [0.29, 0.717) is 6.42 Å². The predicted molar refractivity (Wildman–Crippen MR) is 91.8 cm³/mol. The van der Waals surface area contributed by atoms with Crippen LogP contribution in [0.3, 0.4) is 0 Å². The molecule has 1 aliphatic carbocycles. The number of aliphatic hydroxyl groups is 1. The number of benzene rings is 2. The van der Waals surface area contributed by atoms with E-state index in [1.54, 1.807) is 0 Å². The van der Waals surface area contributed by atoms with Gasteiger partial charge in [-0.3, -0.25) is 4.90 Å². The number of likely N-dealkylation sites (N-methyl/N-ethyl adjacent to an activating group) is 1. The number of ether oxygens (including phenoxy) is 4. The lowest BCUT2D eigenvalue weighted by molar-refractivity contribution is 0.0599. The first kappa shape index (κ1) is 14.7. The minimum Gasteiger partial charge on any atom is -0.454 e. The average molecular weight is 353 g/mol. The number of nitrogens with zero attached hydrogens (tertiary/aromatic N) is 1. The van der Waals surface area contributed by atoms with Gasteiger partial charge in [-0.05, 0) is 60.0 Å². The van der Waals surface area contributed by atoms with Gasteiger partial charge in [0.05, 0.1) is 6.10 Å². The maximum absolute atomic E-state index is 11.0. The molecular formula is C20H19NO5. The van der Waals surface area contributed by atoms with Gasteiger partial charge < -0.3 is 24.1 Å². The Morgan fingerprint density at radius 1 is 0.846 bits per heavy atom. The van der Waals surface area contributed by atoms with Crippen LogP contribution in [0.25, 0.3) is 0 Å². The van der Waals surface area contributed by atoms with Crippen molar-refractivity contribution < 1.29 is 24.1 Å². The van der Waals surface area contributed by atoms with Gasteiger partial charge >= 0.3 is 0 Å². The predicted octanol–water partition coefficient (Wildman–Crippen LogP) is 2.33. The number of hydrogen-bond donors (Lipinski definition) is 1. The zero-order valence-electron chi connectivity index (χ0n) is 14.4. The maximum atomic E-state index is 11.0. The number of hydrogen-bond acceptors (Lipinski definition) is 6. The van der Waals surface area contributed by atoms with Gasteiger partial charge in [0, 0.05) is 18.5 Å². The Hall–Kier alpha value is -2.44. The molecule has 0 spiro atoms. The van der Waals surface area contributed by atoms with Crippen LogP contribution in [-0.2, 0) is 13.0 Å². The highest BCUT2D eigenvalue weighted by molar-refractivity contribution is 5.56. The Labute approximate surface area is 150 Å². The molecule has 2 unspecified atom stereocenters. The fourth-order valence-electron chi connectivity index (χ4n) is 4.91. The van der Waals surface area contributed by atoms with Crippen molar-refractivity contribution in [1.82, 2.24) is 4.90 Å². The molecule has 26 heavy (non-hydrogen) atoms. The number of rotatable bonds is 0. The Kier molecular flexibility index (Phi) is 2.86. The molecule has 0 bridgehead atoms. The third-order valence-corrected chi connectivity index (χ3v) is 6.02. The van der Waals surface area contributed by atoms with Gasteiger partial charge in [-0.2, -0.15) is 0 Å². The molecule has 6 nitrogen and oxygen atoms in total. The lowest BCUT2D eigenvalue weighted by Crippen LogP contribution is -2.43. The van der Waals surface area contributed by atoms with Gasteiger partial charge in [0.15, 0.2) is 23.0 Å². The lowest BCUT2D eigenvalue weighted by Gasteiger charge is -2.46. The summed E-state index contributed by atoms with van der Waals surface area (Å²) in [7, 11) is 2.11. The third kappa shape index (κ3) is 1.88. The van der Waals surface area contributed by atoms with Crippen molar-refractivity contribution in [2.45, 2.75) is 31.0 Å². The molecule has 0 aromatic heterocycles. The molecular weight excluding hydrogens is 334 g/mol. The zero-order chi connectivity index (χ0) is 17.4. The number of aliphatic hydroxyl groups excluding tert-OH is 1. The summed E-state index contributed by atoms with van der Waals surface area (Å²) in [6, 6.07) is 8.34. The first-order valence-electron chi connectivity index (χ1n) is 8.92. The van der Waals surface area contributed by atoms with Crippen molar-refractivity contribution in [3.63, 3.8) is 0 Å². The fraction of sp³-hybridized carbons (Fsp3) is 0.400. The molecule has 0 saturated heterocycles. The van der Waals surface area contributed by atoms with Gasteiger partial charge in [0.25, 0.3) is 0 Å². The van der Waals surface area contributed by atoms with Crippen LogP contribution >= 0.6 is 0 Å². The molecule has 3 aliphatic heterocycles. The highest BCUT2D eigenvalue weighted by atomic mass is 16.7. The van der Waals surface area contributed by atoms with Crippen LogP contribution in [0, 0.1) is 0 Å². The Morgan fingerprint density at radius 3 is 2.12 bits per heavy atom. The summed E-state index contributed by atoms with van der Waals surface area (Å²) in [5.41, 5.74) is 4.71. The minimum atomic E-state index is -0.463. The van der Waals surface area contributed by atoms with E-state index in [0.717, 1.165) is 40.7 Å². The molecule has 6 rings (SSSR count). The number of fused-ring (bicyclic) bond motifs is 7. The third-order valence-electron chi connectivity index (χ3n) is 6.02. The van der Waals surface area contributed by atoms with Crippen molar-refractivity contribution in [2.24, 2.45) is 0 Å². The fourth-order valence-corrected chi connectivity index (χ4v) is 4.91. The topological polar surface area (TPSA) is 60.4 Å². The largest absolute Gasteiger partial charge is 0.454 e. The van der Waals surface area contributed by atoms with Crippen LogP contribution in [-0.4, -0.2) is 36.7 Å². The van der Waals surface area contributed by atoms with E-state index in [1.165, 1.54) is 11.1 Å². The maximum Gasteiger partial charge on any atom is 0.231 e. The van der Waals surface area contributed by atoms with Crippen molar-refractivity contribution in [3.05, 3.63) is 46.5 Å². The molecule has 134 valence electrons. The molecule has 0 amide bonds. The lowest BCUT2D eigenvalue weighted by atomic mass is 9.70. The average Bonchev–Trinajstić information content (AvgIpc) is 3.26. The van der Waals surface area contributed by atoms with E-state index in [9.17, 15) is 5.11 Å². The summed E-state index contributed by atoms with van der Waals surface area (Å²) < 4.78 is 22.2. The van der Waals surface area contributed by atoms with Crippen LogP contribution in [0.15, 0.2) is 24.3 Å². The summed E-state index contributed by atoms with van der Waals surface area (Å²) in [4.78, 5) is 2.30. The summed E-state index contributed by atoms with van der Waals surface area (Å²) in [5.74, 6) is 3.13. The van der Waals surface area contributed by atoms with Crippen LogP contribution in [0.1, 0.15) is 34.2 Å². The Morgan fingerprint density at radius 2 is 1.42 bits per heavy atom. The van der Waals surface area contributed by atoms with Crippen LogP contribution < -0.4 is 18.9 Å². The molecule has 4 aliphatic rings. The standard InChI is InChI=1S/C20H19NO5/c1-21-7-11-4-16-17(25-9-24-16)5-12(11)19-14(22)2-10-3-15-18(26-8-23-15)6-13(10)20(19)21/h3-6,14,19-20,22H,2,7-9H2,1H3/t14?,19?,20-/m1/s1. The van der Waals surface area contributed by atoms with Crippen molar-refractivity contribution in [3.8, 4) is 23.0 Å². The molecule has 2 aromatic carbocycles. The Balaban J connectivity index is 1.52. The van der Waals surface area contributed by atoms with Gasteiger partial charge in [-0.25, -0.2) is 0 Å². The van der Waals surface area contributed by atoms with E-state index in [2.05, 4.69) is 30.1 Å². The molecule has 2 aromatic rings. The molecule has 3 heterocycles. The molecule has 6 heteroatoms. The first-order valence-corrected chi connectivity index (χ1v) is 8.92. The second-order valence-electron chi connectivity index (χ2n) is 7.47. The summed E-state index contributed by atoms with van der Waals surface area (Å²) in [5, 5.41) is 11.0. The van der Waals surface area contributed by atoms with E-state index in [4.69, 9.17) is 18.9 Å². The summed E-state index contributed by atoms with van der Waals surface area (Å²) in [6.07, 6.45) is 0.143. The van der Waals surface area contributed by atoms with Gasteiger partial charge in [-0.15, -0.1) is 0 Å². The van der Waals surface area contributed by atoms with Crippen molar-refractivity contribution >= 4 is 0 Å². The normalized spacial score (nSPS) is 27.7. The zero-order valence-corrected chi connectivity index (χ0v) is 14.4. The van der Waals surface area contributed by atoms with E-state index in [-0.39, 0.29) is 25.5 Å². The quantitative estimate of drug-likeness (QED) is 0.784. The SMILES string of the molecule is CN1Cc2cc3c(cc2C2C(O)Cc4cc5c(cc4[C@H]21)OCO5)OCO3. The van der Waals surface area contributed by atoms with Crippen molar-refractivity contribution in [2.75, 3.05) is 20.6 Å². The smallest absolute Gasteiger partial charge is 0.231 e. The minimum absolute atomic E-state index is 0.00822. The molecule has 0 fully saturated rings. The van der Waals surface area contributed by atoms with E-state index in [1.807, 2.05) is 6.07 Å². The van der Waals surface area contributed by atoms with Crippen LogP contribution in [0.4, 0.5) is 0 Å². The molecule has 0 radical (unpaired) electrons. The van der Waals surface area contributed by atoms with Crippen LogP contribution in [0.2, 0.25) is 0 Å². The van der Waals surface area contributed by atoms with Gasteiger partial charge in [0.1, 0.15) is 0 Å². The highest BCUT2D eigenvalue weighted by Gasteiger charge is 2.44. The van der Waals surface area contributed by atoms with Crippen LogP contribution in [0.5, 0.6) is 23.0 Å². The summed E-state index contributed by atoms with van der Waals surface area (Å²) in [6.45, 7) is 1.32. The highest BCUT2D eigenvalue weighted by Crippen LogP contribution is 2.53. The monoisotopic (exact) mass is 353 g/mol. The molecule has 3 atom stereocenters. The van der Waals surface area contributed by atoms with E-state index >= 15 is 0 Å². The summed E-state index contributed by atoms with van der Waals surface area (Å²) >= 11 is 0. The van der Waals surface area contributed by atoms with Gasteiger partial charge in [-0.1, -0.05) is 0 Å². The first-order chi connectivity index (χ1) is 12.7. The molecule has 1 N–H and O–H groups in total. The second-order valence-corrected chi connectivity index (χ2v) is 7.47. The second kappa shape index (κ2) is 5.05.